The summed E-state index contributed by atoms with van der Waals surface area (Å²) in [6.45, 7) is 2.86. The molecule has 0 bridgehead atoms. The van der Waals surface area contributed by atoms with Crippen molar-refractivity contribution in [2.45, 2.75) is 13.1 Å². The van der Waals surface area contributed by atoms with Gasteiger partial charge in [0.2, 0.25) is 0 Å². The van der Waals surface area contributed by atoms with Gasteiger partial charge in [-0.25, -0.2) is 4.79 Å². The van der Waals surface area contributed by atoms with Gasteiger partial charge in [-0.3, -0.25) is 9.69 Å². The van der Waals surface area contributed by atoms with Crippen molar-refractivity contribution in [2.24, 2.45) is 0 Å². The molecule has 1 aromatic heterocycles. The van der Waals surface area contributed by atoms with E-state index >= 15 is 0 Å². The van der Waals surface area contributed by atoms with Crippen LogP contribution in [0.15, 0.2) is 41.3 Å². The minimum Gasteiger partial charge on any atom is -0.503 e. The van der Waals surface area contributed by atoms with Crippen LogP contribution in [0.3, 0.4) is 0 Å². The third-order valence-corrected chi connectivity index (χ3v) is 5.61. The molecule has 2 aromatic rings. The topological polar surface area (TPSA) is 86.0 Å². The standard InChI is InChI=1S/C18H20IN3O4/c19-15-4-2-1-3-13(15)12-22-6-5-14(16(23)17(22)24)11-20-7-9-21(10-8-20)18(25)26/h1-6,23H,7-12H2,(H,25,26). The van der Waals surface area contributed by atoms with Crippen LogP contribution in [0.4, 0.5) is 4.79 Å². The van der Waals surface area contributed by atoms with Crippen molar-refractivity contribution in [1.29, 1.82) is 0 Å². The molecule has 1 aliphatic heterocycles. The van der Waals surface area contributed by atoms with Gasteiger partial charge in [-0.2, -0.15) is 0 Å². The highest BCUT2D eigenvalue weighted by atomic mass is 127. The first kappa shape index (κ1) is 18.7. The summed E-state index contributed by atoms with van der Waals surface area (Å²) in [5.74, 6) is -0.237. The normalized spacial score (nSPS) is 15.2. The van der Waals surface area contributed by atoms with Gasteiger partial charge in [0.05, 0.1) is 6.54 Å². The van der Waals surface area contributed by atoms with E-state index in [4.69, 9.17) is 5.11 Å². The van der Waals surface area contributed by atoms with Crippen LogP contribution in [0.25, 0.3) is 0 Å². The smallest absolute Gasteiger partial charge is 0.407 e. The Bertz CT molecular complexity index is 860. The molecule has 138 valence electrons. The summed E-state index contributed by atoms with van der Waals surface area (Å²) in [6.07, 6.45) is 0.791. The van der Waals surface area contributed by atoms with Crippen molar-refractivity contribution >= 4 is 28.7 Å². The summed E-state index contributed by atoms with van der Waals surface area (Å²) in [6, 6.07) is 9.56. The van der Waals surface area contributed by atoms with E-state index in [-0.39, 0.29) is 5.75 Å². The summed E-state index contributed by atoms with van der Waals surface area (Å²) in [4.78, 5) is 26.9. The van der Waals surface area contributed by atoms with Gasteiger partial charge in [0.1, 0.15) is 0 Å². The minimum atomic E-state index is -0.911. The van der Waals surface area contributed by atoms with Crippen LogP contribution >= 0.6 is 22.6 Å². The van der Waals surface area contributed by atoms with E-state index in [1.807, 2.05) is 29.2 Å². The van der Waals surface area contributed by atoms with E-state index in [9.17, 15) is 14.7 Å². The van der Waals surface area contributed by atoms with Crippen LogP contribution < -0.4 is 5.56 Å². The van der Waals surface area contributed by atoms with Gasteiger partial charge in [-0.05, 0) is 40.3 Å². The van der Waals surface area contributed by atoms with E-state index in [1.165, 1.54) is 9.47 Å². The molecule has 2 heterocycles. The van der Waals surface area contributed by atoms with E-state index < -0.39 is 11.7 Å². The van der Waals surface area contributed by atoms with E-state index in [0.717, 1.165) is 9.13 Å². The average Bonchev–Trinajstić information content (AvgIpc) is 2.63. The lowest BCUT2D eigenvalue weighted by Gasteiger charge is -2.33. The first-order valence-electron chi connectivity index (χ1n) is 8.30. The Labute approximate surface area is 164 Å². The van der Waals surface area contributed by atoms with Crippen LogP contribution in [0.5, 0.6) is 5.75 Å². The fourth-order valence-electron chi connectivity index (χ4n) is 3.00. The number of carbonyl (C=O) groups is 1. The Balaban J connectivity index is 1.71. The Kier molecular flexibility index (Phi) is 5.82. The van der Waals surface area contributed by atoms with Crippen molar-refractivity contribution < 1.29 is 15.0 Å². The molecule has 7 nitrogen and oxygen atoms in total. The number of halogens is 1. The van der Waals surface area contributed by atoms with Gasteiger partial charge in [-0.1, -0.05) is 18.2 Å². The van der Waals surface area contributed by atoms with E-state index in [0.29, 0.717) is 44.8 Å². The molecule has 3 rings (SSSR count). The molecule has 1 aromatic carbocycles. The molecule has 0 unspecified atom stereocenters. The van der Waals surface area contributed by atoms with Gasteiger partial charge < -0.3 is 19.7 Å². The SMILES string of the molecule is O=C(O)N1CCN(Cc2ccn(Cc3ccccc3I)c(=O)c2O)CC1. The van der Waals surface area contributed by atoms with Crippen molar-refractivity contribution in [3.8, 4) is 5.75 Å². The molecular formula is C18H20IN3O4. The predicted molar refractivity (Wildman–Crippen MR) is 106 cm³/mol. The Morgan fingerprint density at radius 1 is 1.04 bits per heavy atom. The quantitative estimate of drug-likeness (QED) is 0.670. The third-order valence-electron chi connectivity index (χ3n) is 4.56. The van der Waals surface area contributed by atoms with Crippen LogP contribution in [-0.2, 0) is 13.1 Å². The monoisotopic (exact) mass is 469 g/mol. The second kappa shape index (κ2) is 8.09. The summed E-state index contributed by atoms with van der Waals surface area (Å²) in [7, 11) is 0. The molecule has 1 amide bonds. The zero-order valence-electron chi connectivity index (χ0n) is 14.1. The van der Waals surface area contributed by atoms with Gasteiger partial charge in [-0.15, -0.1) is 0 Å². The fourth-order valence-corrected chi connectivity index (χ4v) is 3.56. The zero-order chi connectivity index (χ0) is 18.7. The Morgan fingerprint density at radius 2 is 1.73 bits per heavy atom. The molecule has 0 saturated carbocycles. The number of nitrogens with zero attached hydrogens (tertiary/aromatic N) is 3. The lowest BCUT2D eigenvalue weighted by Crippen LogP contribution is -2.47. The van der Waals surface area contributed by atoms with Crippen LogP contribution in [0.2, 0.25) is 0 Å². The second-order valence-electron chi connectivity index (χ2n) is 6.26. The average molecular weight is 469 g/mol. The lowest BCUT2D eigenvalue weighted by molar-refractivity contribution is 0.102. The van der Waals surface area contributed by atoms with Crippen LogP contribution in [0.1, 0.15) is 11.1 Å². The Morgan fingerprint density at radius 3 is 2.38 bits per heavy atom. The van der Waals surface area contributed by atoms with Crippen molar-refractivity contribution in [3.63, 3.8) is 0 Å². The number of aromatic hydroxyl groups is 1. The summed E-state index contributed by atoms with van der Waals surface area (Å²) >= 11 is 2.23. The number of rotatable bonds is 4. The number of benzene rings is 1. The maximum absolute atomic E-state index is 12.5. The number of aromatic nitrogens is 1. The summed E-state index contributed by atoms with van der Waals surface area (Å²) in [5.41, 5.74) is 1.18. The molecule has 1 fully saturated rings. The highest BCUT2D eigenvalue weighted by Gasteiger charge is 2.21. The molecule has 1 saturated heterocycles. The summed E-state index contributed by atoms with van der Waals surface area (Å²) in [5, 5.41) is 19.3. The molecule has 0 spiro atoms. The lowest BCUT2D eigenvalue weighted by atomic mass is 10.2. The first-order valence-corrected chi connectivity index (χ1v) is 9.38. The third kappa shape index (κ3) is 4.18. The van der Waals surface area contributed by atoms with Gasteiger partial charge in [0, 0.05) is 48.1 Å². The highest BCUT2D eigenvalue weighted by molar-refractivity contribution is 14.1. The largest absolute Gasteiger partial charge is 0.503 e. The van der Waals surface area contributed by atoms with Crippen molar-refractivity contribution in [2.75, 3.05) is 26.2 Å². The van der Waals surface area contributed by atoms with Crippen LogP contribution in [0, 0.1) is 3.57 Å². The maximum Gasteiger partial charge on any atom is 0.407 e. The number of hydrogen-bond acceptors (Lipinski definition) is 4. The fraction of sp³-hybridized carbons (Fsp3) is 0.333. The Hall–Kier alpha value is -2.07. The number of hydrogen-bond donors (Lipinski definition) is 2. The molecule has 0 radical (unpaired) electrons. The van der Waals surface area contributed by atoms with Gasteiger partial charge in [0.25, 0.3) is 5.56 Å². The highest BCUT2D eigenvalue weighted by Crippen LogP contribution is 2.17. The molecule has 0 atom stereocenters. The number of piperazine rings is 1. The van der Waals surface area contributed by atoms with Crippen molar-refractivity contribution in [3.05, 3.63) is 61.6 Å². The maximum atomic E-state index is 12.5. The second-order valence-corrected chi connectivity index (χ2v) is 7.42. The molecule has 0 aliphatic carbocycles. The zero-order valence-corrected chi connectivity index (χ0v) is 16.3. The molecule has 8 heteroatoms. The number of pyridine rings is 1. The van der Waals surface area contributed by atoms with E-state index in [2.05, 4.69) is 22.6 Å². The van der Waals surface area contributed by atoms with Gasteiger partial charge in [0.15, 0.2) is 5.75 Å². The molecular weight excluding hydrogens is 449 g/mol. The minimum absolute atomic E-state index is 0.237. The van der Waals surface area contributed by atoms with Crippen molar-refractivity contribution in [1.82, 2.24) is 14.4 Å². The predicted octanol–water partition coefficient (Wildman–Crippen LogP) is 2.00. The van der Waals surface area contributed by atoms with Crippen LogP contribution in [-0.4, -0.2) is 56.9 Å². The molecule has 26 heavy (non-hydrogen) atoms. The molecule has 2 N–H and O–H groups in total. The summed E-state index contributed by atoms with van der Waals surface area (Å²) < 4.78 is 2.57. The van der Waals surface area contributed by atoms with Gasteiger partial charge >= 0.3 is 6.09 Å². The molecule has 1 aliphatic rings. The van der Waals surface area contributed by atoms with E-state index in [1.54, 1.807) is 12.3 Å². The first-order chi connectivity index (χ1) is 12.5. The number of amides is 1. The number of carboxylic acid groups (broad SMARTS) is 1.